The molecular formula is C15H17N3. The molecule has 0 radical (unpaired) electrons. The van der Waals surface area contributed by atoms with Crippen LogP contribution in [-0.2, 0) is 19.4 Å². The molecule has 0 bridgehead atoms. The molecule has 3 rings (SSSR count). The second-order valence-corrected chi connectivity index (χ2v) is 4.79. The van der Waals surface area contributed by atoms with Gasteiger partial charge in [-0.25, -0.2) is 9.97 Å². The van der Waals surface area contributed by atoms with Crippen LogP contribution in [0.25, 0.3) is 11.3 Å². The van der Waals surface area contributed by atoms with Gasteiger partial charge in [0.1, 0.15) is 6.33 Å². The van der Waals surface area contributed by atoms with Gasteiger partial charge in [-0.15, -0.1) is 0 Å². The number of fused-ring (bicyclic) bond motifs is 1. The largest absolute Gasteiger partial charge is 0.325 e. The average Bonchev–Trinajstić information content (AvgIpc) is 2.47. The van der Waals surface area contributed by atoms with Crippen LogP contribution in [0.2, 0.25) is 0 Å². The zero-order valence-corrected chi connectivity index (χ0v) is 10.4. The smallest absolute Gasteiger partial charge is 0.116 e. The third kappa shape index (κ3) is 2.14. The average molecular weight is 239 g/mol. The van der Waals surface area contributed by atoms with Crippen LogP contribution >= 0.6 is 0 Å². The van der Waals surface area contributed by atoms with E-state index in [4.69, 9.17) is 5.73 Å². The minimum absolute atomic E-state index is 0.459. The monoisotopic (exact) mass is 239 g/mol. The van der Waals surface area contributed by atoms with Crippen molar-refractivity contribution in [2.75, 3.05) is 0 Å². The Hall–Kier alpha value is -1.74. The number of benzene rings is 1. The first-order valence-corrected chi connectivity index (χ1v) is 6.50. The van der Waals surface area contributed by atoms with Crippen LogP contribution in [0, 0.1) is 0 Å². The fourth-order valence-electron chi connectivity index (χ4n) is 2.56. The molecule has 3 heteroatoms. The molecule has 1 aromatic heterocycles. The predicted octanol–water partition coefficient (Wildman–Crippen LogP) is 2.48. The summed E-state index contributed by atoms with van der Waals surface area (Å²) in [4.78, 5) is 8.47. The summed E-state index contributed by atoms with van der Waals surface area (Å²) in [6, 6.07) is 8.66. The van der Waals surface area contributed by atoms with E-state index in [-0.39, 0.29) is 0 Å². The summed E-state index contributed by atoms with van der Waals surface area (Å²) < 4.78 is 0. The molecule has 1 aliphatic carbocycles. The minimum Gasteiger partial charge on any atom is -0.325 e. The number of hydrogen-bond donors (Lipinski definition) is 1. The zero-order valence-electron chi connectivity index (χ0n) is 10.4. The summed E-state index contributed by atoms with van der Waals surface area (Å²) in [5.74, 6) is 0. The van der Waals surface area contributed by atoms with Crippen LogP contribution in [0.1, 0.15) is 29.7 Å². The molecule has 2 N–H and O–H groups in total. The number of nitrogens with two attached hydrogens (primary N) is 1. The van der Waals surface area contributed by atoms with Gasteiger partial charge in [-0.1, -0.05) is 12.1 Å². The number of hydrogen-bond acceptors (Lipinski definition) is 3. The summed E-state index contributed by atoms with van der Waals surface area (Å²) in [7, 11) is 0. The van der Waals surface area contributed by atoms with Gasteiger partial charge < -0.3 is 5.73 Å². The van der Waals surface area contributed by atoms with Gasteiger partial charge >= 0.3 is 0 Å². The second kappa shape index (κ2) is 4.86. The molecule has 0 amide bonds. The molecule has 1 heterocycles. The Balaban J connectivity index is 2.00. The van der Waals surface area contributed by atoms with Gasteiger partial charge in [0.05, 0.1) is 11.4 Å². The fourth-order valence-corrected chi connectivity index (χ4v) is 2.56. The Morgan fingerprint density at radius 1 is 1.00 bits per heavy atom. The summed E-state index contributed by atoms with van der Waals surface area (Å²) in [5, 5.41) is 0. The minimum atomic E-state index is 0.459. The van der Waals surface area contributed by atoms with Crippen molar-refractivity contribution in [3.8, 4) is 11.3 Å². The lowest BCUT2D eigenvalue weighted by molar-refractivity contribution is 0.686. The van der Waals surface area contributed by atoms with E-state index in [2.05, 4.69) is 28.2 Å². The lowest BCUT2D eigenvalue weighted by atomic mass is 9.90. The molecule has 1 aliphatic rings. The Bertz CT molecular complexity index is 563. The van der Waals surface area contributed by atoms with Gasteiger partial charge in [0, 0.05) is 12.1 Å². The van der Waals surface area contributed by atoms with E-state index in [1.165, 1.54) is 42.4 Å². The molecule has 1 aromatic carbocycles. The van der Waals surface area contributed by atoms with Crippen molar-refractivity contribution in [1.82, 2.24) is 9.97 Å². The highest BCUT2D eigenvalue weighted by atomic mass is 14.8. The van der Waals surface area contributed by atoms with Crippen molar-refractivity contribution >= 4 is 0 Å². The van der Waals surface area contributed by atoms with E-state index in [9.17, 15) is 0 Å². The molecule has 0 atom stereocenters. The summed E-state index contributed by atoms with van der Waals surface area (Å²) in [6.07, 6.45) is 6.62. The van der Waals surface area contributed by atoms with Crippen LogP contribution in [0.5, 0.6) is 0 Å². The van der Waals surface area contributed by atoms with Crippen molar-refractivity contribution in [3.63, 3.8) is 0 Å². The normalized spacial score (nSPS) is 14.3. The van der Waals surface area contributed by atoms with Crippen LogP contribution in [-0.4, -0.2) is 9.97 Å². The first-order valence-electron chi connectivity index (χ1n) is 6.50. The van der Waals surface area contributed by atoms with Gasteiger partial charge in [-0.05, 0) is 48.9 Å². The first-order chi connectivity index (χ1) is 8.86. The second-order valence-electron chi connectivity index (χ2n) is 4.79. The molecule has 0 saturated heterocycles. The highest BCUT2D eigenvalue weighted by Crippen LogP contribution is 2.26. The third-order valence-corrected chi connectivity index (χ3v) is 3.58. The van der Waals surface area contributed by atoms with E-state index in [0.717, 1.165) is 11.4 Å². The van der Waals surface area contributed by atoms with Crippen molar-refractivity contribution < 1.29 is 0 Å². The van der Waals surface area contributed by atoms with Crippen LogP contribution in [0.3, 0.4) is 0 Å². The van der Waals surface area contributed by atoms with Crippen LogP contribution in [0.4, 0.5) is 0 Å². The zero-order chi connectivity index (χ0) is 12.4. The highest BCUT2D eigenvalue weighted by molar-refractivity contribution is 5.61. The topological polar surface area (TPSA) is 51.8 Å². The van der Waals surface area contributed by atoms with E-state index < -0.39 is 0 Å². The quantitative estimate of drug-likeness (QED) is 0.876. The van der Waals surface area contributed by atoms with E-state index in [1.807, 2.05) is 6.07 Å². The third-order valence-electron chi connectivity index (χ3n) is 3.58. The summed E-state index contributed by atoms with van der Waals surface area (Å²) in [5.41, 5.74) is 11.6. The standard InChI is InChI=1S/C15H17N3/c16-9-14-8-15(18-10-17-14)13-6-5-11-3-1-2-4-12(11)7-13/h5-8,10H,1-4,9,16H2. The van der Waals surface area contributed by atoms with Gasteiger partial charge in [0.25, 0.3) is 0 Å². The van der Waals surface area contributed by atoms with Crippen LogP contribution < -0.4 is 5.73 Å². The van der Waals surface area contributed by atoms with E-state index >= 15 is 0 Å². The van der Waals surface area contributed by atoms with E-state index in [0.29, 0.717) is 6.54 Å². The van der Waals surface area contributed by atoms with Gasteiger partial charge in [-0.2, -0.15) is 0 Å². The van der Waals surface area contributed by atoms with Crippen molar-refractivity contribution in [2.24, 2.45) is 5.73 Å². The molecule has 0 saturated carbocycles. The predicted molar refractivity (Wildman–Crippen MR) is 72.0 cm³/mol. The summed E-state index contributed by atoms with van der Waals surface area (Å²) in [6.45, 7) is 0.459. The fraction of sp³-hybridized carbons (Fsp3) is 0.333. The maximum absolute atomic E-state index is 5.62. The highest BCUT2D eigenvalue weighted by Gasteiger charge is 2.10. The molecule has 0 fully saturated rings. The number of nitrogens with zero attached hydrogens (tertiary/aromatic N) is 2. The Labute approximate surface area is 107 Å². The molecule has 2 aromatic rings. The van der Waals surface area contributed by atoms with Gasteiger partial charge in [0.15, 0.2) is 0 Å². The Morgan fingerprint density at radius 3 is 2.67 bits per heavy atom. The molecular weight excluding hydrogens is 222 g/mol. The molecule has 0 aliphatic heterocycles. The maximum Gasteiger partial charge on any atom is 0.116 e. The van der Waals surface area contributed by atoms with Crippen molar-refractivity contribution in [1.29, 1.82) is 0 Å². The molecule has 0 spiro atoms. The number of rotatable bonds is 2. The number of aryl methyl sites for hydroxylation is 2. The van der Waals surface area contributed by atoms with Crippen LogP contribution in [0.15, 0.2) is 30.6 Å². The lowest BCUT2D eigenvalue weighted by Gasteiger charge is -2.16. The molecule has 0 unspecified atom stereocenters. The van der Waals surface area contributed by atoms with Gasteiger partial charge in [0.2, 0.25) is 0 Å². The molecule has 3 nitrogen and oxygen atoms in total. The maximum atomic E-state index is 5.62. The van der Waals surface area contributed by atoms with Gasteiger partial charge in [-0.3, -0.25) is 0 Å². The summed E-state index contributed by atoms with van der Waals surface area (Å²) >= 11 is 0. The van der Waals surface area contributed by atoms with E-state index in [1.54, 1.807) is 6.33 Å². The number of aromatic nitrogens is 2. The molecule has 18 heavy (non-hydrogen) atoms. The SMILES string of the molecule is NCc1cc(-c2ccc3c(c2)CCCC3)ncn1. The Morgan fingerprint density at radius 2 is 1.83 bits per heavy atom. The first kappa shape index (κ1) is 11.4. The lowest BCUT2D eigenvalue weighted by Crippen LogP contribution is -2.03. The van der Waals surface area contributed by atoms with Crippen molar-refractivity contribution in [3.05, 3.63) is 47.4 Å². The Kier molecular flexibility index (Phi) is 3.07. The molecule has 92 valence electrons. The van der Waals surface area contributed by atoms with Crippen molar-refractivity contribution in [2.45, 2.75) is 32.2 Å².